The van der Waals surface area contributed by atoms with E-state index < -0.39 is 11.9 Å². The fourth-order valence-electron chi connectivity index (χ4n) is 3.14. The maximum Gasteiger partial charge on any atom is 0.309 e. The number of amides is 2. The lowest BCUT2D eigenvalue weighted by atomic mass is 9.97. The van der Waals surface area contributed by atoms with Crippen molar-refractivity contribution in [1.29, 1.82) is 0 Å². The van der Waals surface area contributed by atoms with Gasteiger partial charge in [0, 0.05) is 24.0 Å². The molecule has 1 heterocycles. The maximum absolute atomic E-state index is 12.2. The molecule has 1 N–H and O–H groups in total. The minimum absolute atomic E-state index is 0.195. The van der Waals surface area contributed by atoms with Gasteiger partial charge in [0.05, 0.1) is 18.7 Å². The Morgan fingerprint density at radius 2 is 1.85 bits per heavy atom. The smallest absolute Gasteiger partial charge is 0.309 e. The number of rotatable bonds is 6. The molecule has 0 atom stereocenters. The summed E-state index contributed by atoms with van der Waals surface area (Å²) in [4.78, 5) is 38.1. The molecule has 0 unspecified atom stereocenters. The van der Waals surface area contributed by atoms with Gasteiger partial charge in [-0.2, -0.15) is 0 Å². The van der Waals surface area contributed by atoms with Crippen molar-refractivity contribution in [3.63, 3.8) is 0 Å². The van der Waals surface area contributed by atoms with Crippen molar-refractivity contribution in [3.8, 4) is 5.75 Å². The van der Waals surface area contributed by atoms with E-state index in [0.717, 1.165) is 12.8 Å². The molecule has 146 valence electrons. The number of methoxy groups -OCH3 is 1. The van der Waals surface area contributed by atoms with E-state index >= 15 is 0 Å². The molecule has 1 aromatic carbocycles. The summed E-state index contributed by atoms with van der Waals surface area (Å²) in [7, 11) is 1.49. The van der Waals surface area contributed by atoms with Gasteiger partial charge in [-0.15, -0.1) is 0 Å². The fraction of sp³-hybridized carbons (Fsp3) is 0.526. The number of nitrogens with zero attached hydrogens (tertiary/aromatic N) is 1. The number of hydrogen-bond donors (Lipinski definition) is 1. The number of halogens is 1. The number of ether oxygens (including phenoxy) is 2. The Balaban J connectivity index is 1.43. The quantitative estimate of drug-likeness (QED) is 0.749. The van der Waals surface area contributed by atoms with Crippen molar-refractivity contribution >= 4 is 35.1 Å². The minimum atomic E-state index is -0.467. The van der Waals surface area contributed by atoms with Gasteiger partial charge in [-0.3, -0.25) is 14.4 Å². The first-order valence-corrected chi connectivity index (χ1v) is 9.44. The van der Waals surface area contributed by atoms with Crippen molar-refractivity contribution in [2.75, 3.05) is 32.1 Å². The molecule has 1 aromatic rings. The number of benzene rings is 1. The van der Waals surface area contributed by atoms with E-state index in [2.05, 4.69) is 5.32 Å². The molecule has 0 bridgehead atoms. The molecule has 1 saturated heterocycles. The minimum Gasteiger partial charge on any atom is -0.495 e. The van der Waals surface area contributed by atoms with Crippen LogP contribution in [-0.4, -0.2) is 49.5 Å². The van der Waals surface area contributed by atoms with Crippen molar-refractivity contribution in [3.05, 3.63) is 23.2 Å². The first-order valence-electron chi connectivity index (χ1n) is 9.06. The topological polar surface area (TPSA) is 84.9 Å². The first-order chi connectivity index (χ1) is 13.0. The van der Waals surface area contributed by atoms with Gasteiger partial charge in [0.25, 0.3) is 5.91 Å². The van der Waals surface area contributed by atoms with Gasteiger partial charge in [0.1, 0.15) is 5.75 Å². The highest BCUT2D eigenvalue weighted by molar-refractivity contribution is 6.31. The number of hydrogen-bond acceptors (Lipinski definition) is 5. The average molecular weight is 395 g/mol. The SMILES string of the molecule is COc1ccc(Cl)cc1NC(=O)COC(=O)C1CCN(C(=O)C2CC2)CC1. The molecule has 2 aliphatic rings. The summed E-state index contributed by atoms with van der Waals surface area (Å²) in [5, 5.41) is 3.08. The van der Waals surface area contributed by atoms with Crippen molar-refractivity contribution in [1.82, 2.24) is 4.90 Å². The van der Waals surface area contributed by atoms with Crippen molar-refractivity contribution in [2.45, 2.75) is 25.7 Å². The van der Waals surface area contributed by atoms with E-state index in [1.54, 1.807) is 18.2 Å². The van der Waals surface area contributed by atoms with Crippen molar-refractivity contribution < 1.29 is 23.9 Å². The number of piperidine rings is 1. The normalized spacial score (nSPS) is 17.3. The van der Waals surface area contributed by atoms with E-state index in [9.17, 15) is 14.4 Å². The van der Waals surface area contributed by atoms with Crippen LogP contribution in [0.2, 0.25) is 5.02 Å². The summed E-state index contributed by atoms with van der Waals surface area (Å²) in [5.41, 5.74) is 0.415. The third-order valence-electron chi connectivity index (χ3n) is 4.85. The van der Waals surface area contributed by atoms with Gasteiger partial charge in [-0.05, 0) is 43.9 Å². The zero-order valence-electron chi connectivity index (χ0n) is 15.2. The molecule has 1 saturated carbocycles. The number of anilines is 1. The molecular weight excluding hydrogens is 372 g/mol. The monoisotopic (exact) mass is 394 g/mol. The lowest BCUT2D eigenvalue weighted by Gasteiger charge is -2.31. The Hall–Kier alpha value is -2.28. The van der Waals surface area contributed by atoms with E-state index in [-0.39, 0.29) is 24.3 Å². The molecule has 1 aliphatic carbocycles. The summed E-state index contributed by atoms with van der Waals surface area (Å²) >= 11 is 5.92. The third-order valence-corrected chi connectivity index (χ3v) is 5.08. The standard InChI is InChI=1S/C19H23ClN2O5/c1-26-16-5-4-14(20)10-15(16)21-17(23)11-27-19(25)13-6-8-22(9-7-13)18(24)12-2-3-12/h4-5,10,12-13H,2-3,6-9,11H2,1H3,(H,21,23). The van der Waals surface area contributed by atoms with Crippen LogP contribution in [-0.2, 0) is 19.1 Å². The number of likely N-dealkylation sites (tertiary alicyclic amines) is 1. The first kappa shape index (κ1) is 19.5. The van der Waals surface area contributed by atoms with E-state index in [4.69, 9.17) is 21.1 Å². The van der Waals surface area contributed by atoms with Crippen LogP contribution < -0.4 is 10.1 Å². The van der Waals surface area contributed by atoms with Crippen LogP contribution in [0.4, 0.5) is 5.69 Å². The molecule has 0 radical (unpaired) electrons. The van der Waals surface area contributed by atoms with Gasteiger partial charge in [-0.25, -0.2) is 0 Å². The fourth-order valence-corrected chi connectivity index (χ4v) is 3.31. The maximum atomic E-state index is 12.2. The van der Waals surface area contributed by atoms with Crippen LogP contribution in [0.3, 0.4) is 0 Å². The summed E-state index contributed by atoms with van der Waals surface area (Å²) < 4.78 is 10.3. The van der Waals surface area contributed by atoms with Crippen LogP contribution in [0.15, 0.2) is 18.2 Å². The second-order valence-electron chi connectivity index (χ2n) is 6.87. The van der Waals surface area contributed by atoms with Crippen LogP contribution in [0, 0.1) is 11.8 Å². The van der Waals surface area contributed by atoms with Gasteiger partial charge < -0.3 is 19.7 Å². The molecule has 7 nitrogen and oxygen atoms in total. The highest BCUT2D eigenvalue weighted by Gasteiger charge is 2.36. The number of carbonyl (C=O) groups is 3. The van der Waals surface area contributed by atoms with Crippen LogP contribution in [0.5, 0.6) is 5.75 Å². The molecule has 2 amide bonds. The molecule has 0 aromatic heterocycles. The van der Waals surface area contributed by atoms with Gasteiger partial charge in [0.2, 0.25) is 5.91 Å². The van der Waals surface area contributed by atoms with E-state index in [0.29, 0.717) is 42.4 Å². The zero-order chi connectivity index (χ0) is 19.4. The summed E-state index contributed by atoms with van der Waals surface area (Å²) in [6.07, 6.45) is 3.10. The van der Waals surface area contributed by atoms with Gasteiger partial charge in [0.15, 0.2) is 6.61 Å². The summed E-state index contributed by atoms with van der Waals surface area (Å²) in [6.45, 7) is 0.762. The molecule has 2 fully saturated rings. The average Bonchev–Trinajstić information content (AvgIpc) is 3.51. The van der Waals surface area contributed by atoms with Crippen molar-refractivity contribution in [2.24, 2.45) is 11.8 Å². The third kappa shape index (κ3) is 5.13. The second-order valence-corrected chi connectivity index (χ2v) is 7.31. The molecule has 8 heteroatoms. The second kappa shape index (κ2) is 8.61. The molecule has 0 spiro atoms. The predicted octanol–water partition coefficient (Wildman–Crippen LogP) is 2.48. The Morgan fingerprint density at radius 1 is 1.15 bits per heavy atom. The largest absolute Gasteiger partial charge is 0.495 e. The van der Waals surface area contributed by atoms with Crippen LogP contribution in [0.1, 0.15) is 25.7 Å². The summed E-state index contributed by atoms with van der Waals surface area (Å²) in [6, 6.07) is 4.85. The highest BCUT2D eigenvalue weighted by Crippen LogP contribution is 2.32. The van der Waals surface area contributed by atoms with Crippen LogP contribution >= 0.6 is 11.6 Å². The summed E-state index contributed by atoms with van der Waals surface area (Å²) in [5.74, 6) is -0.280. The molecular formula is C19H23ClN2O5. The van der Waals surface area contributed by atoms with Crippen LogP contribution in [0.25, 0.3) is 0 Å². The van der Waals surface area contributed by atoms with Gasteiger partial charge >= 0.3 is 5.97 Å². The Morgan fingerprint density at radius 3 is 2.48 bits per heavy atom. The van der Waals surface area contributed by atoms with E-state index in [1.165, 1.54) is 7.11 Å². The number of nitrogens with one attached hydrogen (secondary N) is 1. The van der Waals surface area contributed by atoms with Gasteiger partial charge in [-0.1, -0.05) is 11.6 Å². The number of esters is 1. The number of carbonyl (C=O) groups excluding carboxylic acids is 3. The lowest BCUT2D eigenvalue weighted by Crippen LogP contribution is -2.41. The lowest BCUT2D eigenvalue weighted by molar-refractivity contribution is -0.154. The molecule has 3 rings (SSSR count). The zero-order valence-corrected chi connectivity index (χ0v) is 16.0. The van der Waals surface area contributed by atoms with E-state index in [1.807, 2.05) is 4.90 Å². The molecule has 1 aliphatic heterocycles. The predicted molar refractivity (Wildman–Crippen MR) is 99.6 cm³/mol. The Kier molecular flexibility index (Phi) is 6.21. The Bertz CT molecular complexity index is 727. The Labute approximate surface area is 162 Å². The highest BCUT2D eigenvalue weighted by atomic mass is 35.5. The molecule has 27 heavy (non-hydrogen) atoms.